The van der Waals surface area contributed by atoms with Crippen molar-refractivity contribution in [1.82, 2.24) is 0 Å². The predicted molar refractivity (Wildman–Crippen MR) is 103 cm³/mol. The lowest BCUT2D eigenvalue weighted by Crippen LogP contribution is -2.19. The Morgan fingerprint density at radius 1 is 1.17 bits per heavy atom. The van der Waals surface area contributed by atoms with Crippen molar-refractivity contribution in [1.29, 1.82) is 0 Å². The van der Waals surface area contributed by atoms with Crippen molar-refractivity contribution < 1.29 is 4.92 Å². The maximum absolute atomic E-state index is 10.9. The molecule has 2 aromatic rings. The maximum Gasteiger partial charge on any atom is 0.271 e. The van der Waals surface area contributed by atoms with Crippen LogP contribution in [0.15, 0.2) is 42.5 Å². The van der Waals surface area contributed by atoms with Gasteiger partial charge in [0.15, 0.2) is 5.11 Å². The summed E-state index contributed by atoms with van der Waals surface area (Å²) in [5.41, 5.74) is 3.73. The van der Waals surface area contributed by atoms with Gasteiger partial charge in [-0.15, -0.1) is 0 Å². The van der Waals surface area contributed by atoms with Crippen LogP contribution in [0.2, 0.25) is 0 Å². The number of nitrogens with one attached hydrogen (secondary N) is 2. The van der Waals surface area contributed by atoms with E-state index in [1.54, 1.807) is 6.07 Å². The Hall–Kier alpha value is -2.47. The zero-order valence-electron chi connectivity index (χ0n) is 13.8. The van der Waals surface area contributed by atoms with Crippen molar-refractivity contribution >= 4 is 34.4 Å². The highest BCUT2D eigenvalue weighted by atomic mass is 32.1. The van der Waals surface area contributed by atoms with E-state index < -0.39 is 4.92 Å². The Bertz CT molecular complexity index is 730. The summed E-state index contributed by atoms with van der Waals surface area (Å²) < 4.78 is 0. The third-order valence-corrected chi connectivity index (χ3v) is 3.92. The molecule has 0 saturated heterocycles. The number of thiocarbonyl (C=S) groups is 1. The molecule has 2 N–H and O–H groups in total. The molecule has 0 atom stereocenters. The van der Waals surface area contributed by atoms with E-state index in [0.717, 1.165) is 17.7 Å². The van der Waals surface area contributed by atoms with Crippen LogP contribution in [0.25, 0.3) is 0 Å². The number of rotatable bonds is 6. The van der Waals surface area contributed by atoms with Gasteiger partial charge in [-0.3, -0.25) is 10.1 Å². The number of aryl methyl sites for hydroxylation is 2. The Morgan fingerprint density at radius 3 is 2.50 bits per heavy atom. The van der Waals surface area contributed by atoms with Crippen molar-refractivity contribution in [3.05, 3.63) is 63.7 Å². The number of hydrogen-bond acceptors (Lipinski definition) is 3. The van der Waals surface area contributed by atoms with Crippen LogP contribution in [0.1, 0.15) is 30.9 Å². The lowest BCUT2D eigenvalue weighted by atomic mass is 10.1. The molecule has 0 spiro atoms. The largest absolute Gasteiger partial charge is 0.332 e. The van der Waals surface area contributed by atoms with Crippen molar-refractivity contribution in [3.8, 4) is 0 Å². The molecular formula is C18H21N3O2S. The zero-order chi connectivity index (χ0) is 17.5. The second kappa shape index (κ2) is 8.40. The minimum atomic E-state index is -0.421. The summed E-state index contributed by atoms with van der Waals surface area (Å²) in [6.07, 6.45) is 3.43. The molecule has 0 aromatic heterocycles. The Balaban J connectivity index is 2.00. The first kappa shape index (κ1) is 17.9. The van der Waals surface area contributed by atoms with Gasteiger partial charge >= 0.3 is 0 Å². The molecule has 0 aliphatic carbocycles. The number of hydrogen-bond donors (Lipinski definition) is 2. The SMILES string of the molecule is CCCCc1ccc(NC(=S)Nc2cc([N+](=O)[O-])ccc2C)cc1. The van der Waals surface area contributed by atoms with E-state index in [0.29, 0.717) is 10.8 Å². The highest BCUT2D eigenvalue weighted by Crippen LogP contribution is 2.22. The smallest absolute Gasteiger partial charge is 0.271 e. The van der Waals surface area contributed by atoms with Gasteiger partial charge in [-0.1, -0.05) is 31.5 Å². The summed E-state index contributed by atoms with van der Waals surface area (Å²) in [5.74, 6) is 0. The second-order valence-electron chi connectivity index (χ2n) is 5.64. The molecule has 0 radical (unpaired) electrons. The monoisotopic (exact) mass is 343 g/mol. The molecule has 0 aliphatic rings. The number of benzene rings is 2. The lowest BCUT2D eigenvalue weighted by molar-refractivity contribution is -0.384. The highest BCUT2D eigenvalue weighted by molar-refractivity contribution is 7.80. The molecule has 24 heavy (non-hydrogen) atoms. The van der Waals surface area contributed by atoms with Crippen LogP contribution in [0.3, 0.4) is 0 Å². The van der Waals surface area contributed by atoms with E-state index >= 15 is 0 Å². The van der Waals surface area contributed by atoms with Gasteiger partial charge in [-0.05, 0) is 55.2 Å². The first-order chi connectivity index (χ1) is 11.5. The number of unbranched alkanes of at least 4 members (excludes halogenated alkanes) is 1. The van der Waals surface area contributed by atoms with Gasteiger partial charge in [0.2, 0.25) is 0 Å². The fraction of sp³-hybridized carbons (Fsp3) is 0.278. The zero-order valence-corrected chi connectivity index (χ0v) is 14.7. The summed E-state index contributed by atoms with van der Waals surface area (Å²) in [7, 11) is 0. The number of anilines is 2. The summed E-state index contributed by atoms with van der Waals surface area (Å²) in [5, 5.41) is 17.4. The van der Waals surface area contributed by atoms with Crippen molar-refractivity contribution in [2.45, 2.75) is 33.1 Å². The van der Waals surface area contributed by atoms with Gasteiger partial charge in [0.1, 0.15) is 0 Å². The third kappa shape index (κ3) is 5.03. The van der Waals surface area contributed by atoms with Crippen LogP contribution in [0.4, 0.5) is 17.1 Å². The molecule has 0 aliphatic heterocycles. The van der Waals surface area contributed by atoms with Crippen molar-refractivity contribution in [2.75, 3.05) is 10.6 Å². The molecule has 0 heterocycles. The summed E-state index contributed by atoms with van der Waals surface area (Å²) in [6.45, 7) is 4.05. The van der Waals surface area contributed by atoms with Crippen LogP contribution in [0, 0.1) is 17.0 Å². The normalized spacial score (nSPS) is 10.2. The number of nitrogens with zero attached hydrogens (tertiary/aromatic N) is 1. The molecular weight excluding hydrogens is 322 g/mol. The topological polar surface area (TPSA) is 67.2 Å². The third-order valence-electron chi connectivity index (χ3n) is 3.71. The average molecular weight is 343 g/mol. The highest BCUT2D eigenvalue weighted by Gasteiger charge is 2.09. The van der Waals surface area contributed by atoms with Crippen molar-refractivity contribution in [2.24, 2.45) is 0 Å². The van der Waals surface area contributed by atoms with E-state index in [-0.39, 0.29) is 5.69 Å². The van der Waals surface area contributed by atoms with Crippen molar-refractivity contribution in [3.63, 3.8) is 0 Å². The van der Waals surface area contributed by atoms with Crippen LogP contribution in [-0.4, -0.2) is 10.0 Å². The standard InChI is InChI=1S/C18H21N3O2S/c1-3-4-5-14-7-9-15(10-8-14)19-18(24)20-17-12-16(21(22)23)11-6-13(17)2/h6-12H,3-5H2,1-2H3,(H2,19,20,24). The quantitative estimate of drug-likeness (QED) is 0.436. The lowest BCUT2D eigenvalue weighted by Gasteiger charge is -2.13. The first-order valence-corrected chi connectivity index (χ1v) is 8.32. The van der Waals surface area contributed by atoms with Crippen LogP contribution in [-0.2, 0) is 6.42 Å². The first-order valence-electron chi connectivity index (χ1n) is 7.91. The molecule has 0 amide bonds. The fourth-order valence-electron chi connectivity index (χ4n) is 2.28. The molecule has 2 aromatic carbocycles. The number of non-ortho nitro benzene ring substituents is 1. The second-order valence-corrected chi connectivity index (χ2v) is 6.04. The van der Waals surface area contributed by atoms with Gasteiger partial charge in [-0.25, -0.2) is 0 Å². The van der Waals surface area contributed by atoms with Gasteiger partial charge < -0.3 is 10.6 Å². The Morgan fingerprint density at radius 2 is 1.88 bits per heavy atom. The van der Waals surface area contributed by atoms with Gasteiger partial charge in [0.25, 0.3) is 5.69 Å². The van der Waals surface area contributed by atoms with E-state index in [9.17, 15) is 10.1 Å². The summed E-state index contributed by atoms with van der Waals surface area (Å²) in [4.78, 5) is 10.5. The molecule has 0 fully saturated rings. The molecule has 2 rings (SSSR count). The van der Waals surface area contributed by atoms with Gasteiger partial charge in [0.05, 0.1) is 4.92 Å². The van der Waals surface area contributed by atoms with E-state index in [1.165, 1.54) is 30.5 Å². The minimum Gasteiger partial charge on any atom is -0.332 e. The summed E-state index contributed by atoms with van der Waals surface area (Å²) >= 11 is 5.30. The van der Waals surface area contributed by atoms with Crippen LogP contribution >= 0.6 is 12.2 Å². The Labute approximate surface area is 147 Å². The van der Waals surface area contributed by atoms with Crippen LogP contribution in [0.5, 0.6) is 0 Å². The molecule has 0 saturated carbocycles. The van der Waals surface area contributed by atoms with Gasteiger partial charge in [-0.2, -0.15) is 0 Å². The number of nitro groups is 1. The van der Waals surface area contributed by atoms with E-state index in [4.69, 9.17) is 12.2 Å². The van der Waals surface area contributed by atoms with Crippen LogP contribution < -0.4 is 10.6 Å². The fourth-order valence-corrected chi connectivity index (χ4v) is 2.51. The molecule has 0 bridgehead atoms. The predicted octanol–water partition coefficient (Wildman–Crippen LogP) is 5.05. The maximum atomic E-state index is 10.9. The van der Waals surface area contributed by atoms with E-state index in [1.807, 2.05) is 19.1 Å². The van der Waals surface area contributed by atoms with E-state index in [2.05, 4.69) is 29.7 Å². The molecule has 126 valence electrons. The average Bonchev–Trinajstić information content (AvgIpc) is 2.56. The number of nitro benzene ring substituents is 1. The minimum absolute atomic E-state index is 0.0335. The van der Waals surface area contributed by atoms with Gasteiger partial charge in [0, 0.05) is 23.5 Å². The Kier molecular flexibility index (Phi) is 6.26. The molecule has 6 heteroatoms. The molecule has 5 nitrogen and oxygen atoms in total. The summed E-state index contributed by atoms with van der Waals surface area (Å²) in [6, 6.07) is 12.8. The molecule has 0 unspecified atom stereocenters.